The van der Waals surface area contributed by atoms with E-state index in [1.807, 2.05) is 62.0 Å². The Kier molecular flexibility index (Phi) is 4.30. The lowest BCUT2D eigenvalue weighted by Gasteiger charge is -2.07. The summed E-state index contributed by atoms with van der Waals surface area (Å²) in [6, 6.07) is 9.91. The summed E-state index contributed by atoms with van der Waals surface area (Å²) < 4.78 is 1.93. The molecule has 1 N–H and O–H groups in total. The number of hydrogen-bond donors (Lipinski definition) is 1. The summed E-state index contributed by atoms with van der Waals surface area (Å²) in [4.78, 5) is 18.2. The fourth-order valence-corrected chi connectivity index (χ4v) is 3.53. The molecule has 0 saturated carbocycles. The van der Waals surface area contributed by atoms with Gasteiger partial charge in [0.2, 0.25) is 0 Å². The number of carbonyl (C=O) groups is 1. The third-order valence-corrected chi connectivity index (χ3v) is 4.74. The Balaban J connectivity index is 1.89. The summed E-state index contributed by atoms with van der Waals surface area (Å²) in [7, 11) is 0. The zero-order valence-electron chi connectivity index (χ0n) is 13.5. The first-order valence-electron chi connectivity index (χ1n) is 7.59. The van der Waals surface area contributed by atoms with Crippen LogP contribution < -0.4 is 5.32 Å². The molecule has 2 heterocycles. The van der Waals surface area contributed by atoms with Gasteiger partial charge in [-0.15, -0.1) is 11.3 Å². The molecular formula is C18H19N3OS. The van der Waals surface area contributed by atoms with Crippen LogP contribution in [0.4, 0.5) is 5.69 Å². The maximum Gasteiger partial charge on any atom is 0.275 e. The van der Waals surface area contributed by atoms with Crippen molar-refractivity contribution in [2.24, 2.45) is 0 Å². The van der Waals surface area contributed by atoms with Crippen LogP contribution in [0.3, 0.4) is 0 Å². The van der Waals surface area contributed by atoms with Crippen molar-refractivity contribution in [1.82, 2.24) is 9.55 Å². The first kappa shape index (κ1) is 15.5. The molecule has 0 spiro atoms. The summed E-state index contributed by atoms with van der Waals surface area (Å²) in [5.41, 5.74) is 3.58. The zero-order valence-corrected chi connectivity index (χ0v) is 14.3. The Hall–Kier alpha value is -2.40. The van der Waals surface area contributed by atoms with E-state index in [0.29, 0.717) is 5.69 Å². The molecule has 5 heteroatoms. The smallest absolute Gasteiger partial charge is 0.275 e. The highest BCUT2D eigenvalue weighted by Crippen LogP contribution is 2.24. The standard InChI is InChI=1S/C18H19N3OS/c1-4-15-16(20-18(23-15)21-7-5-6-8-21)17(22)19-14-10-12(2)9-13(3)11-14/h5-11H,4H2,1-3H3,(H,19,22). The molecule has 0 saturated heterocycles. The molecule has 1 aromatic carbocycles. The summed E-state index contributed by atoms with van der Waals surface area (Å²) in [5.74, 6) is -0.151. The predicted molar refractivity (Wildman–Crippen MR) is 94.7 cm³/mol. The summed E-state index contributed by atoms with van der Waals surface area (Å²) in [6.07, 6.45) is 4.66. The van der Waals surface area contributed by atoms with Gasteiger partial charge in [-0.3, -0.25) is 4.79 Å². The Morgan fingerprint density at radius 2 is 1.83 bits per heavy atom. The second-order valence-corrected chi connectivity index (χ2v) is 6.60. The van der Waals surface area contributed by atoms with Crippen molar-refractivity contribution in [2.75, 3.05) is 5.32 Å². The highest BCUT2D eigenvalue weighted by atomic mass is 32.1. The lowest BCUT2D eigenvalue weighted by atomic mass is 10.1. The van der Waals surface area contributed by atoms with Gasteiger partial charge in [0.05, 0.1) is 0 Å². The highest BCUT2D eigenvalue weighted by Gasteiger charge is 2.18. The van der Waals surface area contributed by atoms with Crippen LogP contribution in [-0.4, -0.2) is 15.5 Å². The Labute approximate surface area is 139 Å². The molecule has 0 aliphatic heterocycles. The van der Waals surface area contributed by atoms with E-state index in [1.165, 1.54) is 0 Å². The molecule has 118 valence electrons. The number of anilines is 1. The van der Waals surface area contributed by atoms with Crippen LogP contribution in [0.25, 0.3) is 5.13 Å². The topological polar surface area (TPSA) is 46.9 Å². The van der Waals surface area contributed by atoms with Gasteiger partial charge < -0.3 is 9.88 Å². The molecule has 0 radical (unpaired) electrons. The Bertz CT molecular complexity index is 814. The largest absolute Gasteiger partial charge is 0.321 e. The lowest BCUT2D eigenvalue weighted by molar-refractivity contribution is 0.102. The molecule has 0 unspecified atom stereocenters. The molecule has 0 bridgehead atoms. The van der Waals surface area contributed by atoms with E-state index in [1.54, 1.807) is 11.3 Å². The summed E-state index contributed by atoms with van der Waals surface area (Å²) in [6.45, 7) is 6.08. The Morgan fingerprint density at radius 1 is 1.17 bits per heavy atom. The van der Waals surface area contributed by atoms with Crippen molar-refractivity contribution >= 4 is 22.9 Å². The SMILES string of the molecule is CCc1sc(-n2cccc2)nc1C(=O)Nc1cc(C)cc(C)c1. The van der Waals surface area contributed by atoms with E-state index in [4.69, 9.17) is 0 Å². The fraction of sp³-hybridized carbons (Fsp3) is 0.222. The molecule has 2 aromatic heterocycles. The molecular weight excluding hydrogens is 306 g/mol. The number of aryl methyl sites for hydroxylation is 3. The Morgan fingerprint density at radius 3 is 2.43 bits per heavy atom. The van der Waals surface area contributed by atoms with E-state index >= 15 is 0 Å². The van der Waals surface area contributed by atoms with Gasteiger partial charge in [-0.25, -0.2) is 4.98 Å². The van der Waals surface area contributed by atoms with Gasteiger partial charge in [0.25, 0.3) is 5.91 Å². The van der Waals surface area contributed by atoms with Gasteiger partial charge >= 0.3 is 0 Å². The first-order valence-corrected chi connectivity index (χ1v) is 8.41. The van der Waals surface area contributed by atoms with E-state index in [-0.39, 0.29) is 5.91 Å². The van der Waals surface area contributed by atoms with Crippen LogP contribution in [0.15, 0.2) is 42.7 Å². The molecule has 0 aliphatic carbocycles. The van der Waals surface area contributed by atoms with Crippen molar-refractivity contribution in [1.29, 1.82) is 0 Å². The average Bonchev–Trinajstić information content (AvgIpc) is 3.15. The van der Waals surface area contributed by atoms with Gasteiger partial charge in [0, 0.05) is 23.0 Å². The monoisotopic (exact) mass is 325 g/mol. The number of amides is 1. The molecule has 1 amide bonds. The van der Waals surface area contributed by atoms with Crippen LogP contribution in [0.1, 0.15) is 33.4 Å². The second kappa shape index (κ2) is 6.38. The summed E-state index contributed by atoms with van der Waals surface area (Å²) in [5, 5.41) is 3.79. The number of nitrogens with one attached hydrogen (secondary N) is 1. The van der Waals surface area contributed by atoms with E-state index < -0.39 is 0 Å². The quantitative estimate of drug-likeness (QED) is 0.774. The average molecular weight is 325 g/mol. The van der Waals surface area contributed by atoms with Crippen molar-refractivity contribution in [2.45, 2.75) is 27.2 Å². The van der Waals surface area contributed by atoms with Gasteiger partial charge in [0.1, 0.15) is 5.69 Å². The van der Waals surface area contributed by atoms with Gasteiger partial charge in [-0.05, 0) is 55.7 Å². The molecule has 3 rings (SSSR count). The van der Waals surface area contributed by atoms with Gasteiger partial charge in [0.15, 0.2) is 5.13 Å². The van der Waals surface area contributed by atoms with Crippen LogP contribution in [0.5, 0.6) is 0 Å². The third-order valence-electron chi connectivity index (χ3n) is 3.53. The number of hydrogen-bond acceptors (Lipinski definition) is 3. The molecule has 23 heavy (non-hydrogen) atoms. The van der Waals surface area contributed by atoms with Gasteiger partial charge in [-0.2, -0.15) is 0 Å². The maximum absolute atomic E-state index is 12.6. The molecule has 3 aromatic rings. The number of carbonyl (C=O) groups excluding carboxylic acids is 1. The van der Waals surface area contributed by atoms with Crippen LogP contribution in [0.2, 0.25) is 0 Å². The highest BCUT2D eigenvalue weighted by molar-refractivity contribution is 7.14. The normalized spacial score (nSPS) is 10.7. The predicted octanol–water partition coefficient (Wildman–Crippen LogP) is 4.37. The minimum absolute atomic E-state index is 0.151. The molecule has 4 nitrogen and oxygen atoms in total. The lowest BCUT2D eigenvalue weighted by Crippen LogP contribution is -2.14. The number of aromatic nitrogens is 2. The maximum atomic E-state index is 12.6. The number of nitrogens with zero attached hydrogens (tertiary/aromatic N) is 2. The minimum Gasteiger partial charge on any atom is -0.321 e. The number of thiazole rings is 1. The van der Waals surface area contributed by atoms with E-state index in [9.17, 15) is 4.79 Å². The zero-order chi connectivity index (χ0) is 16.4. The van der Waals surface area contributed by atoms with Crippen LogP contribution in [-0.2, 0) is 6.42 Å². The summed E-state index contributed by atoms with van der Waals surface area (Å²) >= 11 is 1.55. The number of rotatable bonds is 4. The van der Waals surface area contributed by atoms with Crippen LogP contribution in [0, 0.1) is 13.8 Å². The minimum atomic E-state index is -0.151. The van der Waals surface area contributed by atoms with Gasteiger partial charge in [-0.1, -0.05) is 13.0 Å². The second-order valence-electron chi connectivity index (χ2n) is 5.54. The molecule has 0 fully saturated rings. The van der Waals surface area contributed by atoms with E-state index in [0.717, 1.165) is 33.2 Å². The fourth-order valence-electron chi connectivity index (χ4n) is 2.57. The molecule has 0 atom stereocenters. The van der Waals surface area contributed by atoms with Crippen molar-refractivity contribution in [3.05, 3.63) is 64.4 Å². The number of benzene rings is 1. The molecule has 0 aliphatic rings. The first-order chi connectivity index (χ1) is 11.1. The van der Waals surface area contributed by atoms with Crippen LogP contribution >= 0.6 is 11.3 Å². The third kappa shape index (κ3) is 3.35. The van der Waals surface area contributed by atoms with E-state index in [2.05, 4.69) is 16.4 Å². The van der Waals surface area contributed by atoms with Crippen molar-refractivity contribution < 1.29 is 4.79 Å². The van der Waals surface area contributed by atoms with Crippen molar-refractivity contribution in [3.63, 3.8) is 0 Å². The van der Waals surface area contributed by atoms with Crippen molar-refractivity contribution in [3.8, 4) is 5.13 Å².